The Morgan fingerprint density at radius 3 is 2.74 bits per heavy atom. The standard InChI is InChI=1S/C14H20N2O3/c1-16-8-4-5-12(16)14(17)15-11-9-10(18-2)6-7-13(11)19-3/h6-7,9,12H,4-5,8H2,1-3H3,(H,15,17). The number of rotatable bonds is 4. The van der Waals surface area contributed by atoms with Gasteiger partial charge in [0.1, 0.15) is 11.5 Å². The summed E-state index contributed by atoms with van der Waals surface area (Å²) in [5.41, 5.74) is 0.646. The van der Waals surface area contributed by atoms with Gasteiger partial charge in [-0.15, -0.1) is 0 Å². The molecule has 0 spiro atoms. The van der Waals surface area contributed by atoms with E-state index >= 15 is 0 Å². The molecule has 1 aliphatic heterocycles. The number of likely N-dealkylation sites (N-methyl/N-ethyl adjacent to an activating group) is 1. The van der Waals surface area contributed by atoms with Crippen LogP contribution in [0.15, 0.2) is 18.2 Å². The van der Waals surface area contributed by atoms with Crippen LogP contribution in [0.2, 0.25) is 0 Å². The number of ether oxygens (including phenoxy) is 2. The van der Waals surface area contributed by atoms with E-state index < -0.39 is 0 Å². The minimum atomic E-state index is -0.0593. The van der Waals surface area contributed by atoms with Gasteiger partial charge in [-0.2, -0.15) is 0 Å². The van der Waals surface area contributed by atoms with Crippen molar-refractivity contribution in [3.05, 3.63) is 18.2 Å². The van der Waals surface area contributed by atoms with E-state index in [1.54, 1.807) is 32.4 Å². The molecule has 5 nitrogen and oxygen atoms in total. The number of nitrogens with zero attached hydrogens (tertiary/aromatic N) is 1. The minimum Gasteiger partial charge on any atom is -0.497 e. The molecule has 0 bridgehead atoms. The lowest BCUT2D eigenvalue weighted by molar-refractivity contribution is -0.119. The Morgan fingerprint density at radius 1 is 1.37 bits per heavy atom. The monoisotopic (exact) mass is 264 g/mol. The highest BCUT2D eigenvalue weighted by Gasteiger charge is 2.28. The average Bonchev–Trinajstić information content (AvgIpc) is 2.85. The molecule has 0 saturated carbocycles. The van der Waals surface area contributed by atoms with Gasteiger partial charge < -0.3 is 14.8 Å². The third-order valence-electron chi connectivity index (χ3n) is 3.49. The Morgan fingerprint density at radius 2 is 2.16 bits per heavy atom. The van der Waals surface area contributed by atoms with Crippen LogP contribution in [-0.4, -0.2) is 44.7 Å². The van der Waals surface area contributed by atoms with E-state index in [9.17, 15) is 4.79 Å². The van der Waals surface area contributed by atoms with Gasteiger partial charge in [0.05, 0.1) is 25.9 Å². The molecular formula is C14H20N2O3. The third kappa shape index (κ3) is 2.98. The first kappa shape index (κ1) is 13.7. The summed E-state index contributed by atoms with van der Waals surface area (Å²) in [6, 6.07) is 5.30. The second kappa shape index (κ2) is 5.93. The molecule has 1 unspecified atom stereocenters. The van der Waals surface area contributed by atoms with Gasteiger partial charge in [-0.1, -0.05) is 0 Å². The molecule has 19 heavy (non-hydrogen) atoms. The van der Waals surface area contributed by atoms with Crippen LogP contribution in [0.3, 0.4) is 0 Å². The van der Waals surface area contributed by atoms with Crippen molar-refractivity contribution in [1.82, 2.24) is 4.90 Å². The topological polar surface area (TPSA) is 50.8 Å². The van der Waals surface area contributed by atoms with Gasteiger partial charge in [-0.05, 0) is 38.6 Å². The zero-order valence-corrected chi connectivity index (χ0v) is 11.6. The highest BCUT2D eigenvalue weighted by atomic mass is 16.5. The number of nitrogens with one attached hydrogen (secondary N) is 1. The molecule has 1 N–H and O–H groups in total. The molecule has 1 atom stereocenters. The zero-order chi connectivity index (χ0) is 13.8. The number of methoxy groups -OCH3 is 2. The van der Waals surface area contributed by atoms with Gasteiger partial charge in [0, 0.05) is 6.07 Å². The van der Waals surface area contributed by atoms with Crippen LogP contribution < -0.4 is 14.8 Å². The molecule has 1 aromatic rings. The summed E-state index contributed by atoms with van der Waals surface area (Å²) < 4.78 is 10.4. The van der Waals surface area contributed by atoms with Crippen LogP contribution in [0, 0.1) is 0 Å². The summed E-state index contributed by atoms with van der Waals surface area (Å²) in [6.07, 6.45) is 1.96. The normalized spacial score (nSPS) is 19.2. The summed E-state index contributed by atoms with van der Waals surface area (Å²) in [6.45, 7) is 0.966. The van der Waals surface area contributed by atoms with Crippen molar-refractivity contribution < 1.29 is 14.3 Å². The largest absolute Gasteiger partial charge is 0.497 e. The molecular weight excluding hydrogens is 244 g/mol. The number of benzene rings is 1. The molecule has 1 amide bonds. The Labute approximate surface area is 113 Å². The molecule has 1 heterocycles. The Bertz CT molecular complexity index is 462. The summed E-state index contributed by atoms with van der Waals surface area (Å²) in [5.74, 6) is 1.33. The molecule has 2 rings (SSSR count). The van der Waals surface area contributed by atoms with E-state index in [2.05, 4.69) is 10.2 Å². The number of hydrogen-bond acceptors (Lipinski definition) is 4. The molecule has 104 valence electrons. The van der Waals surface area contributed by atoms with Crippen molar-refractivity contribution in [2.45, 2.75) is 18.9 Å². The second-order valence-electron chi connectivity index (χ2n) is 4.69. The lowest BCUT2D eigenvalue weighted by Gasteiger charge is -2.19. The summed E-state index contributed by atoms with van der Waals surface area (Å²) in [4.78, 5) is 14.3. The molecule has 0 aliphatic carbocycles. The van der Waals surface area contributed by atoms with Crippen molar-refractivity contribution in [2.24, 2.45) is 0 Å². The third-order valence-corrected chi connectivity index (χ3v) is 3.49. The molecule has 1 saturated heterocycles. The molecule has 5 heteroatoms. The van der Waals surface area contributed by atoms with Gasteiger partial charge in [0.15, 0.2) is 0 Å². The lowest BCUT2D eigenvalue weighted by atomic mass is 10.2. The van der Waals surface area contributed by atoms with E-state index in [0.29, 0.717) is 17.2 Å². The van der Waals surface area contributed by atoms with Crippen molar-refractivity contribution in [2.75, 3.05) is 33.1 Å². The summed E-state index contributed by atoms with van der Waals surface area (Å²) in [7, 11) is 5.15. The predicted octanol–water partition coefficient (Wildman–Crippen LogP) is 1.74. The fourth-order valence-electron chi connectivity index (χ4n) is 2.37. The van der Waals surface area contributed by atoms with Crippen molar-refractivity contribution in [3.63, 3.8) is 0 Å². The fourth-order valence-corrected chi connectivity index (χ4v) is 2.37. The molecule has 1 fully saturated rings. The van der Waals surface area contributed by atoms with Crippen LogP contribution in [0.4, 0.5) is 5.69 Å². The number of amides is 1. The zero-order valence-electron chi connectivity index (χ0n) is 11.6. The molecule has 0 aromatic heterocycles. The lowest BCUT2D eigenvalue weighted by Crippen LogP contribution is -2.37. The van der Waals surface area contributed by atoms with Gasteiger partial charge in [0.2, 0.25) is 5.91 Å². The number of carbonyl (C=O) groups is 1. The van der Waals surface area contributed by atoms with Gasteiger partial charge >= 0.3 is 0 Å². The predicted molar refractivity (Wildman–Crippen MR) is 73.8 cm³/mol. The van der Waals surface area contributed by atoms with Crippen molar-refractivity contribution >= 4 is 11.6 Å². The van der Waals surface area contributed by atoms with E-state index in [1.165, 1.54) is 0 Å². The Hall–Kier alpha value is -1.75. The summed E-state index contributed by atoms with van der Waals surface area (Å²) in [5, 5.41) is 2.92. The quantitative estimate of drug-likeness (QED) is 0.900. The van der Waals surface area contributed by atoms with Gasteiger partial charge in [-0.25, -0.2) is 0 Å². The molecule has 0 radical (unpaired) electrons. The molecule has 1 aromatic carbocycles. The van der Waals surface area contributed by atoms with Crippen molar-refractivity contribution in [3.8, 4) is 11.5 Å². The van der Waals surface area contributed by atoms with Crippen LogP contribution in [0.25, 0.3) is 0 Å². The van der Waals surface area contributed by atoms with E-state index in [1.807, 2.05) is 7.05 Å². The maximum absolute atomic E-state index is 12.2. The first-order chi connectivity index (χ1) is 9.15. The maximum Gasteiger partial charge on any atom is 0.241 e. The van der Waals surface area contributed by atoms with Gasteiger partial charge in [0.25, 0.3) is 0 Å². The first-order valence-corrected chi connectivity index (χ1v) is 6.39. The van der Waals surface area contributed by atoms with Crippen LogP contribution in [-0.2, 0) is 4.79 Å². The van der Waals surface area contributed by atoms with E-state index in [-0.39, 0.29) is 11.9 Å². The number of hydrogen-bond donors (Lipinski definition) is 1. The number of anilines is 1. The minimum absolute atomic E-state index is 0.00607. The Kier molecular flexibility index (Phi) is 4.27. The molecule has 1 aliphatic rings. The number of likely N-dealkylation sites (tertiary alicyclic amines) is 1. The van der Waals surface area contributed by atoms with E-state index in [0.717, 1.165) is 19.4 Å². The highest BCUT2D eigenvalue weighted by molar-refractivity contribution is 5.96. The average molecular weight is 264 g/mol. The van der Waals surface area contributed by atoms with Crippen LogP contribution >= 0.6 is 0 Å². The summed E-state index contributed by atoms with van der Waals surface area (Å²) >= 11 is 0. The van der Waals surface area contributed by atoms with Gasteiger partial charge in [-0.3, -0.25) is 9.69 Å². The SMILES string of the molecule is COc1ccc(OC)c(NC(=O)C2CCCN2C)c1. The van der Waals surface area contributed by atoms with Crippen molar-refractivity contribution in [1.29, 1.82) is 0 Å². The smallest absolute Gasteiger partial charge is 0.241 e. The highest BCUT2D eigenvalue weighted by Crippen LogP contribution is 2.29. The van der Waals surface area contributed by atoms with E-state index in [4.69, 9.17) is 9.47 Å². The fraction of sp³-hybridized carbons (Fsp3) is 0.500. The first-order valence-electron chi connectivity index (χ1n) is 6.39. The number of carbonyl (C=O) groups excluding carboxylic acids is 1. The van der Waals surface area contributed by atoms with Crippen LogP contribution in [0.5, 0.6) is 11.5 Å². The van der Waals surface area contributed by atoms with Crippen LogP contribution in [0.1, 0.15) is 12.8 Å². The Balaban J connectivity index is 2.15. The second-order valence-corrected chi connectivity index (χ2v) is 4.69. The maximum atomic E-state index is 12.2.